The molecule has 1 heterocycles. The summed E-state index contributed by atoms with van der Waals surface area (Å²) in [5.41, 5.74) is 1.82. The highest BCUT2D eigenvalue weighted by Crippen LogP contribution is 2.24. The van der Waals surface area contributed by atoms with Gasteiger partial charge in [-0.05, 0) is 23.8 Å². The molecule has 0 aliphatic carbocycles. The van der Waals surface area contributed by atoms with Gasteiger partial charge in [0.2, 0.25) is 0 Å². The molecule has 18 heavy (non-hydrogen) atoms. The second-order valence-electron chi connectivity index (χ2n) is 4.06. The molecule has 2 rings (SSSR count). The van der Waals surface area contributed by atoms with Gasteiger partial charge in [0.15, 0.2) is 12.4 Å². The zero-order valence-electron chi connectivity index (χ0n) is 10.5. The summed E-state index contributed by atoms with van der Waals surface area (Å²) >= 11 is 0. The van der Waals surface area contributed by atoms with E-state index < -0.39 is 0 Å². The molecule has 3 heteroatoms. The molecule has 0 saturated heterocycles. The molecule has 92 valence electrons. The van der Waals surface area contributed by atoms with Crippen LogP contribution in [0, 0.1) is 0 Å². The summed E-state index contributed by atoms with van der Waals surface area (Å²) in [5, 5.41) is 9.74. The molecular weight excluding hydrogens is 226 g/mol. The van der Waals surface area contributed by atoms with Crippen molar-refractivity contribution >= 4 is 12.2 Å². The number of nitrogens with zero attached hydrogens (tertiary/aromatic N) is 1. The molecule has 2 aromatic rings. The molecule has 0 saturated carbocycles. The number of ether oxygens (including phenoxy) is 1. The summed E-state index contributed by atoms with van der Waals surface area (Å²) in [6.45, 7) is 0. The van der Waals surface area contributed by atoms with Gasteiger partial charge >= 0.3 is 0 Å². The van der Waals surface area contributed by atoms with Crippen LogP contribution in [0.2, 0.25) is 0 Å². The van der Waals surface area contributed by atoms with Crippen LogP contribution in [0.15, 0.2) is 42.7 Å². The summed E-state index contributed by atoms with van der Waals surface area (Å²) in [5.74, 6) is 0.973. The van der Waals surface area contributed by atoms with E-state index in [2.05, 4.69) is 0 Å². The Balaban J connectivity index is 2.25. The van der Waals surface area contributed by atoms with Crippen LogP contribution >= 0.6 is 0 Å². The van der Waals surface area contributed by atoms with E-state index in [1.165, 1.54) is 0 Å². The van der Waals surface area contributed by atoms with Gasteiger partial charge in [0.1, 0.15) is 18.5 Å². The summed E-state index contributed by atoms with van der Waals surface area (Å²) in [7, 11) is 3.58. The number of aryl methyl sites for hydroxylation is 1. The zero-order valence-corrected chi connectivity index (χ0v) is 10.5. The van der Waals surface area contributed by atoms with Crippen LogP contribution in [0.5, 0.6) is 11.5 Å². The van der Waals surface area contributed by atoms with Gasteiger partial charge in [-0.15, -0.1) is 0 Å². The Morgan fingerprint density at radius 3 is 2.50 bits per heavy atom. The second-order valence-corrected chi connectivity index (χ2v) is 4.06. The lowest BCUT2D eigenvalue weighted by molar-refractivity contribution is -0.671. The summed E-state index contributed by atoms with van der Waals surface area (Å²) in [4.78, 5) is 0. The smallest absolute Gasteiger partial charge is 0.169 e. The number of hydrogen-bond donors (Lipinski definition) is 1. The van der Waals surface area contributed by atoms with Crippen molar-refractivity contribution in [2.24, 2.45) is 7.05 Å². The predicted octanol–water partition coefficient (Wildman–Crippen LogP) is 2.40. The van der Waals surface area contributed by atoms with Gasteiger partial charge in [-0.1, -0.05) is 12.2 Å². The molecular formula is C15H16NO2+. The molecule has 0 spiro atoms. The number of hydrogen-bond acceptors (Lipinski definition) is 2. The molecule has 0 fully saturated rings. The van der Waals surface area contributed by atoms with E-state index in [0.717, 1.165) is 16.9 Å². The number of pyridine rings is 1. The minimum absolute atomic E-state index is 0.244. The van der Waals surface area contributed by atoms with Crippen LogP contribution in [0.25, 0.3) is 12.2 Å². The number of phenolic OH excluding ortho intramolecular Hbond substituents is 1. The Morgan fingerprint density at radius 1 is 1.11 bits per heavy atom. The molecule has 0 radical (unpaired) electrons. The van der Waals surface area contributed by atoms with E-state index >= 15 is 0 Å². The molecule has 1 aromatic heterocycles. The maximum Gasteiger partial charge on any atom is 0.169 e. The Bertz CT molecular complexity index is 559. The SMILES string of the molecule is COc1ccc(O)c(/C=C/c2cc[n+](C)cc2)c1. The highest BCUT2D eigenvalue weighted by atomic mass is 16.5. The molecule has 0 amide bonds. The van der Waals surface area contributed by atoms with E-state index in [-0.39, 0.29) is 5.75 Å². The third-order valence-corrected chi connectivity index (χ3v) is 2.69. The van der Waals surface area contributed by atoms with Gasteiger partial charge in [-0.3, -0.25) is 0 Å². The van der Waals surface area contributed by atoms with E-state index in [1.54, 1.807) is 25.3 Å². The molecule has 0 atom stereocenters. The average molecular weight is 242 g/mol. The standard InChI is InChI=1S/C15H15NO2/c1-16-9-7-12(8-10-16)3-4-13-11-14(18-2)5-6-15(13)17/h3-11H,1-2H3/p+1. The minimum Gasteiger partial charge on any atom is -0.507 e. The number of phenols is 1. The Kier molecular flexibility index (Phi) is 3.63. The van der Waals surface area contributed by atoms with E-state index in [0.29, 0.717) is 0 Å². The largest absolute Gasteiger partial charge is 0.507 e. The predicted molar refractivity (Wildman–Crippen MR) is 71.2 cm³/mol. The Morgan fingerprint density at radius 2 is 1.83 bits per heavy atom. The lowest BCUT2D eigenvalue weighted by Gasteiger charge is -2.03. The number of aromatic nitrogens is 1. The summed E-state index contributed by atoms with van der Waals surface area (Å²) < 4.78 is 7.10. The first-order valence-corrected chi connectivity index (χ1v) is 5.69. The van der Waals surface area contributed by atoms with Crippen molar-refractivity contribution < 1.29 is 14.4 Å². The monoisotopic (exact) mass is 242 g/mol. The fourth-order valence-corrected chi connectivity index (χ4v) is 1.60. The molecule has 1 aromatic carbocycles. The molecule has 0 aliphatic heterocycles. The lowest BCUT2D eigenvalue weighted by Crippen LogP contribution is -2.25. The van der Waals surface area contributed by atoms with Crippen LogP contribution in [0.1, 0.15) is 11.1 Å². The van der Waals surface area contributed by atoms with Gasteiger partial charge in [0.25, 0.3) is 0 Å². The van der Waals surface area contributed by atoms with E-state index in [1.807, 2.05) is 48.3 Å². The Labute approximate surface area is 107 Å². The maximum atomic E-state index is 9.74. The van der Waals surface area contributed by atoms with E-state index in [9.17, 15) is 5.11 Å². The number of rotatable bonds is 3. The van der Waals surface area contributed by atoms with Crippen molar-refractivity contribution in [1.29, 1.82) is 0 Å². The van der Waals surface area contributed by atoms with Crippen molar-refractivity contribution in [3.63, 3.8) is 0 Å². The Hall–Kier alpha value is -2.29. The molecule has 3 nitrogen and oxygen atoms in total. The van der Waals surface area contributed by atoms with E-state index in [4.69, 9.17) is 4.74 Å². The zero-order chi connectivity index (χ0) is 13.0. The topological polar surface area (TPSA) is 33.3 Å². The first-order chi connectivity index (χ1) is 8.69. The maximum absolute atomic E-state index is 9.74. The summed E-state index contributed by atoms with van der Waals surface area (Å²) in [6, 6.07) is 9.18. The average Bonchev–Trinajstić information content (AvgIpc) is 2.40. The van der Waals surface area contributed by atoms with Crippen molar-refractivity contribution in [3.05, 3.63) is 53.9 Å². The van der Waals surface area contributed by atoms with Gasteiger partial charge in [-0.25, -0.2) is 4.57 Å². The van der Waals surface area contributed by atoms with Gasteiger partial charge in [-0.2, -0.15) is 0 Å². The van der Waals surface area contributed by atoms with Crippen molar-refractivity contribution in [2.45, 2.75) is 0 Å². The summed E-state index contributed by atoms with van der Waals surface area (Å²) in [6.07, 6.45) is 7.78. The highest BCUT2D eigenvalue weighted by molar-refractivity contribution is 5.72. The van der Waals surface area contributed by atoms with Crippen molar-refractivity contribution in [1.82, 2.24) is 0 Å². The highest BCUT2D eigenvalue weighted by Gasteiger charge is 2.00. The normalized spacial score (nSPS) is 10.8. The first kappa shape index (κ1) is 12.2. The molecule has 0 unspecified atom stereocenters. The van der Waals surface area contributed by atoms with Crippen LogP contribution in [-0.2, 0) is 7.05 Å². The van der Waals surface area contributed by atoms with Crippen LogP contribution in [0.3, 0.4) is 0 Å². The van der Waals surface area contributed by atoms with Gasteiger partial charge in [0.05, 0.1) is 7.11 Å². The van der Waals surface area contributed by atoms with Crippen molar-refractivity contribution in [2.75, 3.05) is 7.11 Å². The minimum atomic E-state index is 0.244. The molecule has 1 N–H and O–H groups in total. The fraction of sp³-hybridized carbons (Fsp3) is 0.133. The molecule has 0 bridgehead atoms. The van der Waals surface area contributed by atoms with Gasteiger partial charge < -0.3 is 9.84 Å². The fourth-order valence-electron chi connectivity index (χ4n) is 1.60. The number of methoxy groups -OCH3 is 1. The number of aromatic hydroxyl groups is 1. The third-order valence-electron chi connectivity index (χ3n) is 2.69. The first-order valence-electron chi connectivity index (χ1n) is 5.69. The quantitative estimate of drug-likeness (QED) is 0.838. The van der Waals surface area contributed by atoms with Gasteiger partial charge in [0, 0.05) is 17.7 Å². The lowest BCUT2D eigenvalue weighted by atomic mass is 10.1. The van der Waals surface area contributed by atoms with Crippen LogP contribution in [-0.4, -0.2) is 12.2 Å². The second kappa shape index (κ2) is 5.36. The molecule has 0 aliphatic rings. The third kappa shape index (κ3) is 2.88. The number of benzene rings is 1. The van der Waals surface area contributed by atoms with Crippen LogP contribution < -0.4 is 9.30 Å². The van der Waals surface area contributed by atoms with Crippen molar-refractivity contribution in [3.8, 4) is 11.5 Å². The van der Waals surface area contributed by atoms with Crippen LogP contribution in [0.4, 0.5) is 0 Å².